The highest BCUT2D eigenvalue weighted by atomic mass is 31.2. The minimum atomic E-state index is -4.78. The molecule has 2 atom stereocenters. The molecular weight excluding hydrogens is 534 g/mol. The maximum Gasteiger partial charge on any atom is 0.246 e. The molecule has 8 nitrogen and oxygen atoms in total. The minimum absolute atomic E-state index is 0.00443. The van der Waals surface area contributed by atoms with Gasteiger partial charge in [0, 0.05) is 42.7 Å². The molecule has 3 aromatic rings. The molecular formula is C29H40N2O6P2. The average molecular weight is 575 g/mol. The first-order chi connectivity index (χ1) is 17.9. The van der Waals surface area contributed by atoms with Gasteiger partial charge in [0.25, 0.3) is 0 Å². The fourth-order valence-corrected chi connectivity index (χ4v) is 9.96. The monoisotopic (exact) mass is 574 g/mol. The van der Waals surface area contributed by atoms with Gasteiger partial charge in [-0.15, -0.1) is 0 Å². The highest BCUT2D eigenvalue weighted by molar-refractivity contribution is 7.76. The number of aromatic hydroxyl groups is 1. The number of phenols is 1. The lowest BCUT2D eigenvalue weighted by Gasteiger charge is -2.38. The molecule has 212 valence electrons. The minimum Gasteiger partial charge on any atom is -0.507 e. The fraction of sp³-hybridized carbons (Fsp3) is 0.448. The molecule has 1 aromatic carbocycles. The molecule has 0 saturated heterocycles. The Morgan fingerprint density at radius 2 is 1.03 bits per heavy atom. The van der Waals surface area contributed by atoms with Crippen molar-refractivity contribution in [1.29, 1.82) is 0 Å². The van der Waals surface area contributed by atoms with Crippen LogP contribution in [0.1, 0.15) is 69.4 Å². The third kappa shape index (κ3) is 6.70. The van der Waals surface area contributed by atoms with Crippen LogP contribution in [-0.2, 0) is 37.9 Å². The number of aryl methyl sites for hydroxylation is 2. The molecule has 0 amide bonds. The number of pyridine rings is 2. The van der Waals surface area contributed by atoms with E-state index < -0.39 is 43.0 Å². The predicted molar refractivity (Wildman–Crippen MR) is 155 cm³/mol. The van der Waals surface area contributed by atoms with Crippen molar-refractivity contribution < 1.29 is 29.1 Å². The van der Waals surface area contributed by atoms with Crippen LogP contribution in [0, 0.1) is 0 Å². The molecule has 0 aliphatic heterocycles. The Balaban J connectivity index is 2.24. The highest BCUT2D eigenvalue weighted by Gasteiger charge is 2.60. The van der Waals surface area contributed by atoms with E-state index in [4.69, 9.17) is 0 Å². The first-order valence-corrected chi connectivity index (χ1v) is 16.6. The lowest BCUT2D eigenvalue weighted by Crippen LogP contribution is -2.31. The summed E-state index contributed by atoms with van der Waals surface area (Å²) in [6.07, 6.45) is 5.56. The van der Waals surface area contributed by atoms with Crippen LogP contribution < -0.4 is 0 Å². The molecule has 3 rings (SSSR count). The summed E-state index contributed by atoms with van der Waals surface area (Å²) < 4.78 is 28.3. The quantitative estimate of drug-likeness (QED) is 0.231. The number of hydrogen-bond acceptors (Lipinski definition) is 6. The Kier molecular flexibility index (Phi) is 9.01. The van der Waals surface area contributed by atoms with Gasteiger partial charge in [-0.3, -0.25) is 19.1 Å². The molecule has 0 saturated carbocycles. The van der Waals surface area contributed by atoms with Crippen LogP contribution in [0.2, 0.25) is 0 Å². The number of aromatic nitrogens is 2. The number of hydrogen-bond donors (Lipinski definition) is 4. The first kappa shape index (κ1) is 31.2. The van der Waals surface area contributed by atoms with Crippen LogP contribution in [0.5, 0.6) is 5.75 Å². The topological polar surface area (TPSA) is 141 Å². The fourth-order valence-electron chi connectivity index (χ4n) is 4.59. The maximum absolute atomic E-state index is 14.2. The third-order valence-corrected chi connectivity index (χ3v) is 13.0. The summed E-state index contributed by atoms with van der Waals surface area (Å²) in [7, 11) is -9.55. The Morgan fingerprint density at radius 3 is 1.33 bits per heavy atom. The van der Waals surface area contributed by atoms with Crippen molar-refractivity contribution in [2.24, 2.45) is 0 Å². The summed E-state index contributed by atoms with van der Waals surface area (Å²) in [6.45, 7) is 11.2. The molecule has 39 heavy (non-hydrogen) atoms. The molecule has 2 unspecified atom stereocenters. The van der Waals surface area contributed by atoms with Gasteiger partial charge in [-0.05, 0) is 82.3 Å². The molecule has 0 aliphatic carbocycles. The van der Waals surface area contributed by atoms with E-state index in [1.54, 1.807) is 49.1 Å². The van der Waals surface area contributed by atoms with Crippen molar-refractivity contribution in [1.82, 2.24) is 9.97 Å². The van der Waals surface area contributed by atoms with E-state index in [2.05, 4.69) is 9.97 Å². The smallest absolute Gasteiger partial charge is 0.246 e. The van der Waals surface area contributed by atoms with Crippen molar-refractivity contribution in [2.45, 2.75) is 70.3 Å². The van der Waals surface area contributed by atoms with E-state index in [1.165, 1.54) is 12.1 Å². The van der Waals surface area contributed by atoms with Crippen LogP contribution >= 0.6 is 14.7 Å². The number of benzene rings is 1. The van der Waals surface area contributed by atoms with Crippen molar-refractivity contribution >= 4 is 14.7 Å². The number of aliphatic hydroxyl groups is 1. The average Bonchev–Trinajstić information content (AvgIpc) is 2.85. The van der Waals surface area contributed by atoms with Crippen molar-refractivity contribution in [3.05, 3.63) is 89.0 Å². The second-order valence-electron chi connectivity index (χ2n) is 12.1. The van der Waals surface area contributed by atoms with Crippen molar-refractivity contribution in [3.63, 3.8) is 0 Å². The molecule has 10 heteroatoms. The van der Waals surface area contributed by atoms with Gasteiger partial charge in [0.15, 0.2) is 0 Å². The molecule has 0 bridgehead atoms. The number of rotatable bonds is 9. The number of phenolic OH excluding ortho intramolecular Hbond substituents is 1. The highest BCUT2D eigenvalue weighted by Crippen LogP contribution is 2.76. The Hall–Kier alpha value is -2.34. The number of nitrogens with zero attached hydrogens (tertiary/aromatic N) is 2. The molecule has 0 fully saturated rings. The Bertz CT molecular complexity index is 1280. The van der Waals surface area contributed by atoms with Gasteiger partial charge in [0.2, 0.25) is 19.8 Å². The van der Waals surface area contributed by atoms with Crippen LogP contribution in [0.3, 0.4) is 0 Å². The Morgan fingerprint density at radius 1 is 0.692 bits per heavy atom. The van der Waals surface area contributed by atoms with Gasteiger partial charge in [-0.1, -0.05) is 41.5 Å². The van der Waals surface area contributed by atoms with Gasteiger partial charge in [0.1, 0.15) is 5.75 Å². The zero-order valence-corrected chi connectivity index (χ0v) is 25.3. The van der Waals surface area contributed by atoms with Gasteiger partial charge in [0.05, 0.1) is 0 Å². The maximum atomic E-state index is 14.2. The standard InChI is InChI=1S/C29H40N2O6P2/c1-27(2,3)24-19-23(20-25(26(24)32)28(4,5)6)29(33,38(34,35)17-11-21-7-13-30-14-8-21)39(36,37)18-12-22-9-15-31-16-10-22/h7-10,13-16,19-20,32-33H,11-12,17-18H2,1-6H3,(H,34,35)(H,36,37). The predicted octanol–water partition coefficient (Wildman–Crippen LogP) is 5.91. The molecule has 0 radical (unpaired) electrons. The molecule has 4 N–H and O–H groups in total. The second kappa shape index (κ2) is 11.3. The van der Waals surface area contributed by atoms with E-state index in [0.717, 1.165) is 0 Å². The normalized spacial score (nSPS) is 17.2. The van der Waals surface area contributed by atoms with Crippen molar-refractivity contribution in [2.75, 3.05) is 12.3 Å². The van der Waals surface area contributed by atoms with Gasteiger partial charge < -0.3 is 20.0 Å². The summed E-state index contributed by atoms with van der Waals surface area (Å²) in [6, 6.07) is 9.59. The van der Waals surface area contributed by atoms with Crippen LogP contribution in [0.4, 0.5) is 0 Å². The lowest BCUT2D eigenvalue weighted by molar-refractivity contribution is 0.170. The summed E-state index contributed by atoms with van der Waals surface area (Å²) in [5.41, 5.74) is 0.835. The summed E-state index contributed by atoms with van der Waals surface area (Å²) >= 11 is 0. The van der Waals surface area contributed by atoms with Crippen LogP contribution in [0.15, 0.2) is 61.2 Å². The van der Waals surface area contributed by atoms with Crippen molar-refractivity contribution in [3.8, 4) is 5.75 Å². The summed E-state index contributed by atoms with van der Waals surface area (Å²) in [5, 5.41) is 20.5. The van der Waals surface area contributed by atoms with E-state index in [0.29, 0.717) is 22.3 Å². The summed E-state index contributed by atoms with van der Waals surface area (Å²) in [4.78, 5) is 31.0. The molecule has 0 spiro atoms. The van der Waals surface area contributed by atoms with E-state index >= 15 is 0 Å². The second-order valence-corrected chi connectivity index (χ2v) is 17.5. The first-order valence-electron chi connectivity index (χ1n) is 12.9. The molecule has 2 aromatic heterocycles. The summed E-state index contributed by atoms with van der Waals surface area (Å²) in [5.74, 6) is -0.00443. The molecule has 2 heterocycles. The van der Waals surface area contributed by atoms with Gasteiger partial charge in [-0.2, -0.15) is 0 Å². The SMILES string of the molecule is CC(C)(C)c1cc(C(O)(P(=O)(O)CCc2ccncc2)P(=O)(O)CCc2ccncc2)cc(C(C)(C)C)c1O. The zero-order chi connectivity index (χ0) is 29.3. The third-order valence-electron chi connectivity index (χ3n) is 6.99. The molecule has 0 aliphatic rings. The lowest BCUT2D eigenvalue weighted by atomic mass is 9.78. The van der Waals surface area contributed by atoms with Gasteiger partial charge >= 0.3 is 0 Å². The van der Waals surface area contributed by atoms with Gasteiger partial charge in [-0.25, -0.2) is 0 Å². The zero-order valence-electron chi connectivity index (χ0n) is 23.5. The largest absolute Gasteiger partial charge is 0.507 e. The van der Waals surface area contributed by atoms with E-state index in [1.807, 2.05) is 41.5 Å². The van der Waals surface area contributed by atoms with E-state index in [9.17, 15) is 29.1 Å². The van der Waals surface area contributed by atoms with E-state index in [-0.39, 0.29) is 24.2 Å². The van der Waals surface area contributed by atoms with Crippen LogP contribution in [-0.4, -0.2) is 42.3 Å². The van der Waals surface area contributed by atoms with Crippen LogP contribution in [0.25, 0.3) is 0 Å². The Labute approximate surface area is 231 Å².